The first-order valence-electron chi connectivity index (χ1n) is 5.49. The number of aliphatic hydroxyl groups is 1. The van der Waals surface area contributed by atoms with E-state index in [4.69, 9.17) is 0 Å². The van der Waals surface area contributed by atoms with Crippen molar-refractivity contribution in [1.82, 2.24) is 15.2 Å². The minimum Gasteiger partial charge on any atom is -0.386 e. The number of alkyl halides is 3. The van der Waals surface area contributed by atoms with Crippen LogP contribution in [0.4, 0.5) is 13.2 Å². The summed E-state index contributed by atoms with van der Waals surface area (Å²) in [6.45, 7) is 2.84. The van der Waals surface area contributed by atoms with Gasteiger partial charge in [0.05, 0.1) is 11.2 Å². The zero-order valence-corrected chi connectivity index (χ0v) is 10.3. The molecule has 2 aromatic rings. The van der Waals surface area contributed by atoms with Gasteiger partial charge in [0.15, 0.2) is 5.82 Å². The summed E-state index contributed by atoms with van der Waals surface area (Å²) in [6.07, 6.45) is -3.22. The van der Waals surface area contributed by atoms with E-state index in [0.717, 1.165) is 12.1 Å². The topological polar surface area (TPSA) is 61.8 Å². The van der Waals surface area contributed by atoms with Crippen LogP contribution in [-0.2, 0) is 11.8 Å². The predicted molar refractivity (Wildman–Crippen MR) is 62.1 cm³/mol. The van der Waals surface area contributed by atoms with Crippen LogP contribution in [0.25, 0.3) is 11.4 Å². The summed E-state index contributed by atoms with van der Waals surface area (Å²) in [5.41, 5.74) is -1.87. The highest BCUT2D eigenvalue weighted by Gasteiger charge is 2.33. The van der Waals surface area contributed by atoms with E-state index in [9.17, 15) is 18.3 Å². The molecule has 0 saturated carbocycles. The molecule has 1 aromatic carbocycles. The van der Waals surface area contributed by atoms with E-state index in [0.29, 0.717) is 0 Å². The molecule has 2 rings (SSSR count). The standard InChI is InChI=1S/C12H12F3N3O/c1-11(2,19)8-3-7(10-16-6-17-18-10)4-9(5-8)12(13,14)15/h3-6,19H,1-2H3,(H,16,17,18). The first kappa shape index (κ1) is 13.5. The van der Waals surface area contributed by atoms with Gasteiger partial charge in [-0.3, -0.25) is 5.10 Å². The van der Waals surface area contributed by atoms with Gasteiger partial charge < -0.3 is 5.11 Å². The summed E-state index contributed by atoms with van der Waals surface area (Å²) in [5.74, 6) is 0.150. The average Bonchev–Trinajstić information content (AvgIpc) is 2.79. The number of aromatic amines is 1. The molecule has 0 unspecified atom stereocenters. The van der Waals surface area contributed by atoms with Crippen LogP contribution in [0.15, 0.2) is 24.5 Å². The smallest absolute Gasteiger partial charge is 0.386 e. The van der Waals surface area contributed by atoms with E-state index >= 15 is 0 Å². The van der Waals surface area contributed by atoms with Crippen LogP contribution in [0.5, 0.6) is 0 Å². The number of nitrogens with one attached hydrogen (secondary N) is 1. The largest absolute Gasteiger partial charge is 0.416 e. The van der Waals surface area contributed by atoms with Gasteiger partial charge in [-0.2, -0.15) is 18.3 Å². The van der Waals surface area contributed by atoms with Crippen LogP contribution in [0.1, 0.15) is 25.0 Å². The molecular formula is C12H12F3N3O. The third-order valence-electron chi connectivity index (χ3n) is 2.64. The molecule has 102 valence electrons. The quantitative estimate of drug-likeness (QED) is 0.882. The van der Waals surface area contributed by atoms with Crippen LogP contribution in [0, 0.1) is 0 Å². The molecule has 0 aliphatic rings. The molecule has 1 heterocycles. The molecule has 0 saturated heterocycles. The molecule has 7 heteroatoms. The number of H-pyrrole nitrogens is 1. The molecule has 0 atom stereocenters. The van der Waals surface area contributed by atoms with Gasteiger partial charge in [0, 0.05) is 5.56 Å². The Kier molecular flexibility index (Phi) is 3.09. The zero-order valence-electron chi connectivity index (χ0n) is 10.3. The SMILES string of the molecule is CC(C)(O)c1cc(-c2nc[nH]n2)cc(C(F)(F)F)c1. The molecule has 0 amide bonds. The molecule has 0 fully saturated rings. The summed E-state index contributed by atoms with van der Waals surface area (Å²) in [7, 11) is 0. The van der Waals surface area contributed by atoms with Gasteiger partial charge in [0.1, 0.15) is 6.33 Å². The Bertz CT molecular complexity index is 539. The van der Waals surface area contributed by atoms with Crippen LogP contribution < -0.4 is 0 Å². The lowest BCUT2D eigenvalue weighted by atomic mass is 9.94. The monoisotopic (exact) mass is 271 g/mol. The van der Waals surface area contributed by atoms with Crippen LogP contribution in [-0.4, -0.2) is 20.3 Å². The minimum absolute atomic E-state index is 0.150. The maximum atomic E-state index is 12.8. The number of halogens is 3. The number of nitrogens with zero attached hydrogens (tertiary/aromatic N) is 2. The molecule has 0 aliphatic heterocycles. The second kappa shape index (κ2) is 4.34. The van der Waals surface area contributed by atoms with Crippen molar-refractivity contribution in [3.05, 3.63) is 35.7 Å². The summed E-state index contributed by atoms with van der Waals surface area (Å²) < 4.78 is 38.5. The molecule has 19 heavy (non-hydrogen) atoms. The highest BCUT2D eigenvalue weighted by atomic mass is 19.4. The van der Waals surface area contributed by atoms with Gasteiger partial charge in [-0.05, 0) is 37.6 Å². The van der Waals surface area contributed by atoms with Crippen molar-refractivity contribution in [2.24, 2.45) is 0 Å². The van der Waals surface area contributed by atoms with Gasteiger partial charge in [0.2, 0.25) is 0 Å². The number of hydrogen-bond donors (Lipinski definition) is 2. The van der Waals surface area contributed by atoms with Gasteiger partial charge >= 0.3 is 6.18 Å². The van der Waals surface area contributed by atoms with Crippen molar-refractivity contribution in [2.45, 2.75) is 25.6 Å². The van der Waals surface area contributed by atoms with Gasteiger partial charge in [-0.1, -0.05) is 0 Å². The maximum Gasteiger partial charge on any atom is 0.416 e. The van der Waals surface area contributed by atoms with Crippen LogP contribution in [0.3, 0.4) is 0 Å². The van der Waals surface area contributed by atoms with Crippen molar-refractivity contribution in [2.75, 3.05) is 0 Å². The Morgan fingerprint density at radius 1 is 1.11 bits per heavy atom. The van der Waals surface area contributed by atoms with Crippen molar-refractivity contribution >= 4 is 0 Å². The second-order valence-electron chi connectivity index (χ2n) is 4.68. The fourth-order valence-electron chi connectivity index (χ4n) is 1.62. The highest BCUT2D eigenvalue weighted by Crippen LogP contribution is 2.35. The van der Waals surface area contributed by atoms with Gasteiger partial charge in [0.25, 0.3) is 0 Å². The fraction of sp³-hybridized carbons (Fsp3) is 0.333. The highest BCUT2D eigenvalue weighted by molar-refractivity contribution is 5.58. The predicted octanol–water partition coefficient (Wildman–Crippen LogP) is 2.72. The zero-order chi connectivity index (χ0) is 14.3. The second-order valence-corrected chi connectivity index (χ2v) is 4.68. The number of hydrogen-bond acceptors (Lipinski definition) is 3. The Labute approximate surface area is 107 Å². The summed E-state index contributed by atoms with van der Waals surface area (Å²) >= 11 is 0. The summed E-state index contributed by atoms with van der Waals surface area (Å²) in [5, 5.41) is 16.1. The normalized spacial score (nSPS) is 12.7. The Balaban J connectivity index is 2.62. The Hall–Kier alpha value is -1.89. The number of aromatic nitrogens is 3. The van der Waals surface area contributed by atoms with E-state index in [2.05, 4.69) is 15.2 Å². The Morgan fingerprint density at radius 3 is 2.21 bits per heavy atom. The molecule has 0 aliphatic carbocycles. The van der Waals surface area contributed by atoms with Crippen LogP contribution in [0.2, 0.25) is 0 Å². The lowest BCUT2D eigenvalue weighted by molar-refractivity contribution is -0.137. The number of benzene rings is 1. The molecular weight excluding hydrogens is 259 g/mol. The lowest BCUT2D eigenvalue weighted by Crippen LogP contribution is -2.17. The van der Waals surface area contributed by atoms with E-state index < -0.39 is 17.3 Å². The van der Waals surface area contributed by atoms with Crippen molar-refractivity contribution < 1.29 is 18.3 Å². The lowest BCUT2D eigenvalue weighted by Gasteiger charge is -2.20. The molecule has 0 radical (unpaired) electrons. The summed E-state index contributed by atoms with van der Waals surface area (Å²) in [4.78, 5) is 3.82. The molecule has 1 aromatic heterocycles. The average molecular weight is 271 g/mol. The maximum absolute atomic E-state index is 12.8. The fourth-order valence-corrected chi connectivity index (χ4v) is 1.62. The molecule has 0 spiro atoms. The molecule has 0 bridgehead atoms. The van der Waals surface area contributed by atoms with E-state index in [1.807, 2.05) is 0 Å². The van der Waals surface area contributed by atoms with Crippen molar-refractivity contribution in [3.63, 3.8) is 0 Å². The minimum atomic E-state index is -4.49. The van der Waals surface area contributed by atoms with E-state index in [-0.39, 0.29) is 17.0 Å². The first-order valence-corrected chi connectivity index (χ1v) is 5.49. The van der Waals surface area contributed by atoms with Crippen LogP contribution >= 0.6 is 0 Å². The Morgan fingerprint density at radius 2 is 1.74 bits per heavy atom. The van der Waals surface area contributed by atoms with E-state index in [1.54, 1.807) is 0 Å². The third-order valence-corrected chi connectivity index (χ3v) is 2.64. The molecule has 4 nitrogen and oxygen atoms in total. The van der Waals surface area contributed by atoms with Gasteiger partial charge in [-0.15, -0.1) is 0 Å². The van der Waals surface area contributed by atoms with Crippen molar-refractivity contribution in [3.8, 4) is 11.4 Å². The van der Waals surface area contributed by atoms with E-state index in [1.165, 1.54) is 26.2 Å². The molecule has 2 N–H and O–H groups in total. The third kappa shape index (κ3) is 2.93. The van der Waals surface area contributed by atoms with Crippen molar-refractivity contribution in [1.29, 1.82) is 0 Å². The number of rotatable bonds is 2. The van der Waals surface area contributed by atoms with Gasteiger partial charge in [-0.25, -0.2) is 4.98 Å². The summed E-state index contributed by atoms with van der Waals surface area (Å²) in [6, 6.07) is 3.33. The first-order chi connectivity index (χ1) is 8.68.